The van der Waals surface area contributed by atoms with Crippen molar-refractivity contribution in [2.75, 3.05) is 38.1 Å². The van der Waals surface area contributed by atoms with E-state index in [1.807, 2.05) is 0 Å². The molecule has 1 saturated heterocycles. The molecule has 112 valence electrons. The van der Waals surface area contributed by atoms with Crippen molar-refractivity contribution in [1.82, 2.24) is 20.4 Å². The molecule has 0 atom stereocenters. The molecule has 1 aromatic heterocycles. The Labute approximate surface area is 122 Å². The molecule has 1 N–H and O–H groups in total. The van der Waals surface area contributed by atoms with E-state index in [2.05, 4.69) is 65.3 Å². The van der Waals surface area contributed by atoms with Crippen molar-refractivity contribution in [3.63, 3.8) is 0 Å². The average molecular weight is 277 g/mol. The van der Waals surface area contributed by atoms with Gasteiger partial charge < -0.3 is 10.2 Å². The number of anilines is 1. The van der Waals surface area contributed by atoms with Crippen molar-refractivity contribution in [2.45, 2.75) is 39.3 Å². The summed E-state index contributed by atoms with van der Waals surface area (Å²) in [5, 5.41) is 12.1. The summed E-state index contributed by atoms with van der Waals surface area (Å²) in [7, 11) is 2.19. The van der Waals surface area contributed by atoms with E-state index in [0.29, 0.717) is 0 Å². The van der Waals surface area contributed by atoms with Crippen LogP contribution in [0.25, 0.3) is 0 Å². The first kappa shape index (κ1) is 15.2. The molecule has 0 radical (unpaired) electrons. The van der Waals surface area contributed by atoms with E-state index >= 15 is 0 Å². The van der Waals surface area contributed by atoms with Gasteiger partial charge in [-0.1, -0.05) is 6.92 Å². The summed E-state index contributed by atoms with van der Waals surface area (Å²) in [5.41, 5.74) is 1.19. The second-order valence-electron chi connectivity index (χ2n) is 6.22. The van der Waals surface area contributed by atoms with Crippen molar-refractivity contribution in [2.24, 2.45) is 0 Å². The van der Waals surface area contributed by atoms with Gasteiger partial charge in [-0.25, -0.2) is 0 Å². The third-order valence-electron chi connectivity index (χ3n) is 4.08. The lowest BCUT2D eigenvalue weighted by molar-refractivity contribution is 0.138. The average Bonchev–Trinajstić information content (AvgIpc) is 2.43. The quantitative estimate of drug-likeness (QED) is 0.827. The zero-order valence-corrected chi connectivity index (χ0v) is 13.2. The third kappa shape index (κ3) is 3.67. The number of rotatable bonds is 5. The molecule has 0 saturated carbocycles. The van der Waals surface area contributed by atoms with Crippen molar-refractivity contribution in [1.29, 1.82) is 0 Å². The SMILES string of the molecule is CCCNCc1ccc(N2CCN(C)C(C)(C)C2)nn1. The van der Waals surface area contributed by atoms with Gasteiger partial charge in [0.25, 0.3) is 0 Å². The molecule has 0 amide bonds. The van der Waals surface area contributed by atoms with Gasteiger partial charge in [0.15, 0.2) is 5.82 Å². The van der Waals surface area contributed by atoms with Gasteiger partial charge in [0.2, 0.25) is 0 Å². The summed E-state index contributed by atoms with van der Waals surface area (Å²) in [6.45, 7) is 11.6. The molecule has 0 aromatic carbocycles. The molecule has 0 spiro atoms. The molecule has 1 aliphatic heterocycles. The first-order valence-electron chi connectivity index (χ1n) is 7.52. The van der Waals surface area contributed by atoms with Crippen LogP contribution in [0.2, 0.25) is 0 Å². The highest BCUT2D eigenvalue weighted by atomic mass is 15.3. The van der Waals surface area contributed by atoms with Crippen LogP contribution in [0.4, 0.5) is 5.82 Å². The first-order chi connectivity index (χ1) is 9.53. The minimum absolute atomic E-state index is 0.182. The van der Waals surface area contributed by atoms with Gasteiger partial charge in [0.1, 0.15) is 0 Å². The van der Waals surface area contributed by atoms with E-state index in [4.69, 9.17) is 0 Å². The van der Waals surface area contributed by atoms with Gasteiger partial charge >= 0.3 is 0 Å². The van der Waals surface area contributed by atoms with E-state index in [0.717, 1.165) is 50.7 Å². The maximum Gasteiger partial charge on any atom is 0.151 e. The Morgan fingerprint density at radius 3 is 2.65 bits per heavy atom. The van der Waals surface area contributed by atoms with Crippen LogP contribution in [0.1, 0.15) is 32.9 Å². The topological polar surface area (TPSA) is 44.3 Å². The maximum absolute atomic E-state index is 4.39. The normalized spacial score (nSPS) is 19.3. The van der Waals surface area contributed by atoms with Crippen molar-refractivity contribution >= 4 is 5.82 Å². The van der Waals surface area contributed by atoms with E-state index in [9.17, 15) is 0 Å². The van der Waals surface area contributed by atoms with Gasteiger partial charge in [-0.15, -0.1) is 5.10 Å². The smallest absolute Gasteiger partial charge is 0.151 e. The fourth-order valence-corrected chi connectivity index (χ4v) is 2.44. The van der Waals surface area contributed by atoms with Crippen LogP contribution in [0.3, 0.4) is 0 Å². The van der Waals surface area contributed by atoms with Crippen LogP contribution < -0.4 is 10.2 Å². The molecule has 1 aromatic rings. The number of hydrogen-bond acceptors (Lipinski definition) is 5. The molecule has 1 fully saturated rings. The fraction of sp³-hybridized carbons (Fsp3) is 0.733. The third-order valence-corrected chi connectivity index (χ3v) is 4.08. The lowest BCUT2D eigenvalue weighted by Gasteiger charge is -2.45. The Kier molecular flexibility index (Phi) is 4.94. The molecule has 5 nitrogen and oxygen atoms in total. The van der Waals surface area contributed by atoms with Gasteiger partial charge in [0, 0.05) is 31.7 Å². The summed E-state index contributed by atoms with van der Waals surface area (Å²) in [6, 6.07) is 4.17. The highest BCUT2D eigenvalue weighted by Crippen LogP contribution is 2.22. The number of aromatic nitrogens is 2. The van der Waals surface area contributed by atoms with E-state index in [1.165, 1.54) is 0 Å². The highest BCUT2D eigenvalue weighted by Gasteiger charge is 2.31. The molecular formula is C15H27N5. The summed E-state index contributed by atoms with van der Waals surface area (Å²) < 4.78 is 0. The highest BCUT2D eigenvalue weighted by molar-refractivity contribution is 5.39. The zero-order chi connectivity index (χ0) is 14.6. The number of nitrogens with zero attached hydrogens (tertiary/aromatic N) is 4. The maximum atomic E-state index is 4.39. The van der Waals surface area contributed by atoms with Crippen LogP contribution in [0.5, 0.6) is 0 Å². The second kappa shape index (κ2) is 6.50. The summed E-state index contributed by atoms with van der Waals surface area (Å²) in [5.74, 6) is 0.991. The lowest BCUT2D eigenvalue weighted by Crippen LogP contribution is -2.57. The molecule has 0 bridgehead atoms. The van der Waals surface area contributed by atoms with E-state index in [1.54, 1.807) is 0 Å². The molecular weight excluding hydrogens is 250 g/mol. The van der Waals surface area contributed by atoms with Gasteiger partial charge in [-0.05, 0) is 46.0 Å². The van der Waals surface area contributed by atoms with Crippen LogP contribution in [-0.4, -0.2) is 53.9 Å². The second-order valence-corrected chi connectivity index (χ2v) is 6.22. The molecule has 20 heavy (non-hydrogen) atoms. The number of likely N-dealkylation sites (N-methyl/N-ethyl adjacent to an activating group) is 1. The van der Waals surface area contributed by atoms with Crippen LogP contribution in [0.15, 0.2) is 12.1 Å². The number of piperazine rings is 1. The molecule has 0 unspecified atom stereocenters. The summed E-state index contributed by atoms with van der Waals surface area (Å²) in [4.78, 5) is 4.73. The Morgan fingerprint density at radius 2 is 2.05 bits per heavy atom. The standard InChI is InChI=1S/C15H27N5/c1-5-8-16-11-13-6-7-14(18-17-13)20-10-9-19(4)15(2,3)12-20/h6-7,16H,5,8-12H2,1-4H3. The molecule has 0 aliphatic carbocycles. The fourth-order valence-electron chi connectivity index (χ4n) is 2.44. The Hall–Kier alpha value is -1.20. The zero-order valence-electron chi connectivity index (χ0n) is 13.2. The molecule has 2 rings (SSSR count). The van der Waals surface area contributed by atoms with E-state index < -0.39 is 0 Å². The Bertz CT molecular complexity index is 415. The number of nitrogens with one attached hydrogen (secondary N) is 1. The van der Waals surface area contributed by atoms with Gasteiger partial charge in [-0.3, -0.25) is 4.90 Å². The van der Waals surface area contributed by atoms with Gasteiger partial charge in [0.05, 0.1) is 5.69 Å². The summed E-state index contributed by atoms with van der Waals surface area (Å²) >= 11 is 0. The Balaban J connectivity index is 1.96. The van der Waals surface area contributed by atoms with Crippen LogP contribution in [-0.2, 0) is 6.54 Å². The van der Waals surface area contributed by atoms with Crippen LogP contribution in [0, 0.1) is 0 Å². The lowest BCUT2D eigenvalue weighted by atomic mass is 10.00. The van der Waals surface area contributed by atoms with Crippen molar-refractivity contribution in [3.05, 3.63) is 17.8 Å². The Morgan fingerprint density at radius 1 is 1.25 bits per heavy atom. The first-order valence-corrected chi connectivity index (χ1v) is 7.52. The van der Waals surface area contributed by atoms with Gasteiger partial charge in [-0.2, -0.15) is 5.10 Å². The number of hydrogen-bond donors (Lipinski definition) is 1. The van der Waals surface area contributed by atoms with Crippen molar-refractivity contribution in [3.8, 4) is 0 Å². The molecule has 2 heterocycles. The largest absolute Gasteiger partial charge is 0.352 e. The van der Waals surface area contributed by atoms with Crippen LogP contribution >= 0.6 is 0 Å². The minimum atomic E-state index is 0.182. The minimum Gasteiger partial charge on any atom is -0.352 e. The van der Waals surface area contributed by atoms with Crippen molar-refractivity contribution < 1.29 is 0 Å². The molecule has 5 heteroatoms. The predicted molar refractivity (Wildman–Crippen MR) is 83.0 cm³/mol. The predicted octanol–water partition coefficient (Wildman–Crippen LogP) is 1.51. The van der Waals surface area contributed by atoms with E-state index in [-0.39, 0.29) is 5.54 Å². The molecule has 1 aliphatic rings. The monoisotopic (exact) mass is 277 g/mol. The summed E-state index contributed by atoms with van der Waals surface area (Å²) in [6.07, 6.45) is 1.14.